The fourth-order valence-electron chi connectivity index (χ4n) is 3.94. The topological polar surface area (TPSA) is 51.2 Å². The standard InChI is InChI=1S/C19H29NO4/c1-19(21)8-11-23-14-17(19)18-7-4-9-20(18)10-12-24-16-6-3-5-15(13-16)22-2/h3,5-6,13,17-18,21H,4,7-12,14H2,1-2H3/t17-,18+,19+/m0/s1. The van der Waals surface area contributed by atoms with Crippen molar-refractivity contribution in [3.05, 3.63) is 24.3 Å². The van der Waals surface area contributed by atoms with Crippen molar-refractivity contribution in [2.45, 2.75) is 37.8 Å². The highest BCUT2D eigenvalue weighted by Gasteiger charge is 2.43. The highest BCUT2D eigenvalue weighted by molar-refractivity contribution is 5.32. The number of likely N-dealkylation sites (tertiary alicyclic amines) is 1. The van der Waals surface area contributed by atoms with E-state index in [1.807, 2.05) is 31.2 Å². The monoisotopic (exact) mass is 335 g/mol. The summed E-state index contributed by atoms with van der Waals surface area (Å²) >= 11 is 0. The van der Waals surface area contributed by atoms with Crippen molar-refractivity contribution in [3.63, 3.8) is 0 Å². The number of nitrogens with zero attached hydrogens (tertiary/aromatic N) is 1. The quantitative estimate of drug-likeness (QED) is 0.865. The van der Waals surface area contributed by atoms with Gasteiger partial charge in [-0.1, -0.05) is 6.07 Å². The molecule has 1 aromatic carbocycles. The SMILES string of the molecule is COc1cccc(OCCN2CCC[C@@H]2[C@@H]2COCC[C@@]2(C)O)c1. The van der Waals surface area contributed by atoms with Gasteiger partial charge in [0.1, 0.15) is 18.1 Å². The maximum atomic E-state index is 10.7. The van der Waals surface area contributed by atoms with Crippen molar-refractivity contribution in [1.29, 1.82) is 0 Å². The molecular formula is C19H29NO4. The first-order chi connectivity index (χ1) is 11.6. The second-order valence-corrected chi connectivity index (χ2v) is 7.06. The van der Waals surface area contributed by atoms with Crippen LogP contribution in [0.1, 0.15) is 26.2 Å². The van der Waals surface area contributed by atoms with Gasteiger partial charge >= 0.3 is 0 Å². The highest BCUT2D eigenvalue weighted by atomic mass is 16.5. The van der Waals surface area contributed by atoms with E-state index < -0.39 is 5.60 Å². The Morgan fingerprint density at radius 2 is 2.21 bits per heavy atom. The van der Waals surface area contributed by atoms with Crippen LogP contribution in [0.25, 0.3) is 0 Å². The molecule has 2 aliphatic heterocycles. The van der Waals surface area contributed by atoms with Crippen LogP contribution < -0.4 is 9.47 Å². The van der Waals surface area contributed by atoms with Crippen LogP contribution >= 0.6 is 0 Å². The number of methoxy groups -OCH3 is 1. The fraction of sp³-hybridized carbons (Fsp3) is 0.684. The van der Waals surface area contributed by atoms with E-state index in [9.17, 15) is 5.11 Å². The number of rotatable bonds is 6. The number of aliphatic hydroxyl groups is 1. The summed E-state index contributed by atoms with van der Waals surface area (Å²) in [4.78, 5) is 2.45. The molecule has 0 saturated carbocycles. The van der Waals surface area contributed by atoms with Gasteiger partial charge in [0.2, 0.25) is 0 Å². The van der Waals surface area contributed by atoms with Crippen LogP contribution in [-0.2, 0) is 4.74 Å². The lowest BCUT2D eigenvalue weighted by Crippen LogP contribution is -2.53. The number of benzene rings is 1. The van der Waals surface area contributed by atoms with Gasteiger partial charge in [0.05, 0.1) is 19.3 Å². The maximum absolute atomic E-state index is 10.7. The van der Waals surface area contributed by atoms with E-state index in [0.29, 0.717) is 25.9 Å². The van der Waals surface area contributed by atoms with E-state index in [1.165, 1.54) is 6.42 Å². The van der Waals surface area contributed by atoms with Gasteiger partial charge in [-0.15, -0.1) is 0 Å². The molecule has 1 aromatic rings. The predicted octanol–water partition coefficient (Wildman–Crippen LogP) is 2.33. The molecule has 0 bridgehead atoms. The Morgan fingerprint density at radius 3 is 3.00 bits per heavy atom. The molecule has 2 aliphatic rings. The smallest absolute Gasteiger partial charge is 0.123 e. The van der Waals surface area contributed by atoms with Crippen molar-refractivity contribution >= 4 is 0 Å². The molecule has 5 heteroatoms. The first-order valence-electron chi connectivity index (χ1n) is 8.91. The molecule has 0 aliphatic carbocycles. The highest BCUT2D eigenvalue weighted by Crippen LogP contribution is 2.35. The minimum Gasteiger partial charge on any atom is -0.497 e. The lowest BCUT2D eigenvalue weighted by atomic mass is 9.79. The third-order valence-electron chi connectivity index (χ3n) is 5.42. The summed E-state index contributed by atoms with van der Waals surface area (Å²) in [6.45, 7) is 5.86. The van der Waals surface area contributed by atoms with Crippen molar-refractivity contribution in [2.75, 3.05) is 40.0 Å². The summed E-state index contributed by atoms with van der Waals surface area (Å²) in [7, 11) is 1.66. The van der Waals surface area contributed by atoms with Gasteiger partial charge in [-0.05, 0) is 44.9 Å². The summed E-state index contributed by atoms with van der Waals surface area (Å²) in [5.41, 5.74) is -0.626. The van der Waals surface area contributed by atoms with Gasteiger partial charge in [-0.2, -0.15) is 0 Å². The van der Waals surface area contributed by atoms with Gasteiger partial charge in [0, 0.05) is 31.2 Å². The van der Waals surface area contributed by atoms with Crippen LogP contribution in [0, 0.1) is 5.92 Å². The minimum absolute atomic E-state index is 0.186. The molecule has 2 saturated heterocycles. The molecule has 3 atom stereocenters. The lowest BCUT2D eigenvalue weighted by molar-refractivity contribution is -0.123. The van der Waals surface area contributed by atoms with Crippen LogP contribution in [0.2, 0.25) is 0 Å². The van der Waals surface area contributed by atoms with Crippen LogP contribution in [0.15, 0.2) is 24.3 Å². The summed E-state index contributed by atoms with van der Waals surface area (Å²) in [5, 5.41) is 10.7. The Balaban J connectivity index is 1.54. The molecule has 0 radical (unpaired) electrons. The van der Waals surface area contributed by atoms with Crippen LogP contribution in [0.4, 0.5) is 0 Å². The molecule has 2 fully saturated rings. The van der Waals surface area contributed by atoms with Crippen molar-refractivity contribution in [1.82, 2.24) is 4.90 Å². The van der Waals surface area contributed by atoms with Gasteiger partial charge in [-0.25, -0.2) is 0 Å². The molecule has 0 spiro atoms. The summed E-state index contributed by atoms with van der Waals surface area (Å²) in [5.74, 6) is 1.82. The van der Waals surface area contributed by atoms with Gasteiger partial charge in [0.15, 0.2) is 0 Å². The Kier molecular flexibility index (Phi) is 5.64. The van der Waals surface area contributed by atoms with E-state index in [2.05, 4.69) is 4.90 Å². The average molecular weight is 335 g/mol. The molecule has 0 amide bonds. The zero-order valence-electron chi connectivity index (χ0n) is 14.7. The first-order valence-corrected chi connectivity index (χ1v) is 8.91. The summed E-state index contributed by atoms with van der Waals surface area (Å²) in [6, 6.07) is 8.08. The van der Waals surface area contributed by atoms with Gasteiger partial charge in [0.25, 0.3) is 0 Å². The number of hydrogen-bond donors (Lipinski definition) is 1. The fourth-order valence-corrected chi connectivity index (χ4v) is 3.94. The Hall–Kier alpha value is -1.30. The molecule has 24 heavy (non-hydrogen) atoms. The zero-order chi connectivity index (χ0) is 17.0. The van der Waals surface area contributed by atoms with Crippen molar-refractivity contribution < 1.29 is 19.3 Å². The van der Waals surface area contributed by atoms with Gasteiger partial charge < -0.3 is 19.3 Å². The third-order valence-corrected chi connectivity index (χ3v) is 5.42. The molecular weight excluding hydrogens is 306 g/mol. The molecule has 134 valence electrons. The number of ether oxygens (including phenoxy) is 3. The van der Waals surface area contributed by atoms with Crippen molar-refractivity contribution in [3.8, 4) is 11.5 Å². The lowest BCUT2D eigenvalue weighted by Gasteiger charge is -2.43. The predicted molar refractivity (Wildman–Crippen MR) is 92.6 cm³/mol. The summed E-state index contributed by atoms with van der Waals surface area (Å²) in [6.07, 6.45) is 3.03. The molecule has 0 aromatic heterocycles. The second kappa shape index (κ2) is 7.72. The molecule has 2 heterocycles. The van der Waals surface area contributed by atoms with E-state index in [0.717, 1.165) is 37.4 Å². The first kappa shape index (κ1) is 17.5. The summed E-state index contributed by atoms with van der Waals surface area (Å²) < 4.78 is 16.8. The zero-order valence-corrected chi connectivity index (χ0v) is 14.7. The van der Waals surface area contributed by atoms with E-state index in [1.54, 1.807) is 7.11 Å². The van der Waals surface area contributed by atoms with Gasteiger partial charge in [-0.3, -0.25) is 4.90 Å². The molecule has 5 nitrogen and oxygen atoms in total. The average Bonchev–Trinajstić information content (AvgIpc) is 3.03. The third kappa shape index (κ3) is 4.02. The maximum Gasteiger partial charge on any atom is 0.123 e. The molecule has 0 unspecified atom stereocenters. The van der Waals surface area contributed by atoms with E-state index in [-0.39, 0.29) is 5.92 Å². The molecule has 3 rings (SSSR count). The van der Waals surface area contributed by atoms with Crippen LogP contribution in [-0.4, -0.2) is 61.7 Å². The minimum atomic E-state index is -0.626. The van der Waals surface area contributed by atoms with E-state index >= 15 is 0 Å². The Labute approximate surface area is 144 Å². The van der Waals surface area contributed by atoms with Crippen LogP contribution in [0.5, 0.6) is 11.5 Å². The largest absolute Gasteiger partial charge is 0.497 e. The normalized spacial score (nSPS) is 31.1. The second-order valence-electron chi connectivity index (χ2n) is 7.06. The molecule has 1 N–H and O–H groups in total. The van der Waals surface area contributed by atoms with Crippen molar-refractivity contribution in [2.24, 2.45) is 5.92 Å². The van der Waals surface area contributed by atoms with Crippen LogP contribution in [0.3, 0.4) is 0 Å². The Morgan fingerprint density at radius 1 is 1.38 bits per heavy atom. The Bertz CT molecular complexity index is 534. The van der Waals surface area contributed by atoms with E-state index in [4.69, 9.17) is 14.2 Å². The number of hydrogen-bond acceptors (Lipinski definition) is 5.